The Morgan fingerprint density at radius 3 is 2.70 bits per heavy atom. The number of nitrogens with one attached hydrogen (secondary N) is 1. The van der Waals surface area contributed by atoms with E-state index in [4.69, 9.17) is 16.0 Å². The Morgan fingerprint density at radius 2 is 2.15 bits per heavy atom. The second-order valence-electron chi connectivity index (χ2n) is 4.38. The zero-order valence-corrected chi connectivity index (χ0v) is 13.2. The van der Waals surface area contributed by atoms with Crippen molar-refractivity contribution in [2.45, 2.75) is 19.9 Å². The van der Waals surface area contributed by atoms with Crippen LogP contribution in [0.2, 0.25) is 5.02 Å². The van der Waals surface area contributed by atoms with Gasteiger partial charge in [-0.05, 0) is 53.5 Å². The molecular weight excluding hydrogens is 348 g/mol. The van der Waals surface area contributed by atoms with E-state index < -0.39 is 4.92 Å². The zero-order chi connectivity index (χ0) is 14.9. The second-order valence-corrected chi connectivity index (χ2v) is 5.57. The highest BCUT2D eigenvalue weighted by atomic mass is 79.9. The average molecular weight is 360 g/mol. The van der Waals surface area contributed by atoms with E-state index in [9.17, 15) is 10.1 Å². The molecule has 1 atom stereocenters. The van der Waals surface area contributed by atoms with Gasteiger partial charge < -0.3 is 9.73 Å². The number of hydrogen-bond donors (Lipinski definition) is 1. The van der Waals surface area contributed by atoms with Gasteiger partial charge in [-0.15, -0.1) is 0 Å². The molecule has 0 fully saturated rings. The van der Waals surface area contributed by atoms with Crippen LogP contribution in [0.5, 0.6) is 0 Å². The van der Waals surface area contributed by atoms with Crippen molar-refractivity contribution in [2.24, 2.45) is 0 Å². The molecule has 7 heteroatoms. The summed E-state index contributed by atoms with van der Waals surface area (Å²) in [5.74, 6) is 0.755. The predicted molar refractivity (Wildman–Crippen MR) is 81.3 cm³/mol. The third kappa shape index (κ3) is 3.13. The molecule has 0 spiro atoms. The van der Waals surface area contributed by atoms with E-state index in [-0.39, 0.29) is 16.8 Å². The number of benzene rings is 1. The number of nitro benzene ring substituents is 1. The maximum absolute atomic E-state index is 10.8. The van der Waals surface area contributed by atoms with Crippen molar-refractivity contribution in [1.29, 1.82) is 0 Å². The van der Waals surface area contributed by atoms with Crippen LogP contribution < -0.4 is 5.32 Å². The van der Waals surface area contributed by atoms with E-state index in [0.29, 0.717) is 4.67 Å². The van der Waals surface area contributed by atoms with Gasteiger partial charge in [0, 0.05) is 11.8 Å². The SMILES string of the molecule is Cc1cc([N+](=O)[O-])c(Cl)cc1NC(C)c1ccc(Br)o1. The van der Waals surface area contributed by atoms with Crippen LogP contribution in [0.1, 0.15) is 24.3 Å². The molecule has 1 aromatic carbocycles. The topological polar surface area (TPSA) is 68.3 Å². The molecule has 5 nitrogen and oxygen atoms in total. The molecule has 1 aromatic heterocycles. The van der Waals surface area contributed by atoms with Crippen molar-refractivity contribution in [3.8, 4) is 0 Å². The van der Waals surface area contributed by atoms with Gasteiger partial charge in [-0.2, -0.15) is 0 Å². The Hall–Kier alpha value is -1.53. The van der Waals surface area contributed by atoms with Crippen LogP contribution in [0.3, 0.4) is 0 Å². The van der Waals surface area contributed by atoms with Crippen molar-refractivity contribution < 1.29 is 9.34 Å². The van der Waals surface area contributed by atoms with Crippen LogP contribution in [0.25, 0.3) is 0 Å². The summed E-state index contributed by atoms with van der Waals surface area (Å²) in [4.78, 5) is 10.3. The quantitative estimate of drug-likeness (QED) is 0.610. The van der Waals surface area contributed by atoms with Crippen LogP contribution >= 0.6 is 27.5 Å². The number of halogens is 2. The minimum atomic E-state index is -0.494. The number of nitro groups is 1. The molecule has 2 rings (SSSR count). The monoisotopic (exact) mass is 358 g/mol. The van der Waals surface area contributed by atoms with E-state index in [0.717, 1.165) is 17.0 Å². The molecule has 1 N–H and O–H groups in total. The molecule has 0 bridgehead atoms. The molecule has 0 saturated carbocycles. The van der Waals surface area contributed by atoms with Crippen LogP contribution in [0.15, 0.2) is 33.4 Å². The lowest BCUT2D eigenvalue weighted by Gasteiger charge is -2.15. The van der Waals surface area contributed by atoms with Crippen LogP contribution in [0, 0.1) is 17.0 Å². The van der Waals surface area contributed by atoms with Crippen LogP contribution in [-0.4, -0.2) is 4.92 Å². The minimum Gasteiger partial charge on any atom is -0.452 e. The molecule has 0 aliphatic rings. The summed E-state index contributed by atoms with van der Waals surface area (Å²) in [6.45, 7) is 3.72. The van der Waals surface area contributed by atoms with Gasteiger partial charge in [0.1, 0.15) is 10.8 Å². The number of hydrogen-bond acceptors (Lipinski definition) is 4. The van der Waals surface area contributed by atoms with E-state index in [2.05, 4.69) is 21.2 Å². The predicted octanol–water partition coefficient (Wildman–Crippen LogP) is 5.09. The highest BCUT2D eigenvalue weighted by molar-refractivity contribution is 9.10. The molecule has 0 radical (unpaired) electrons. The first-order valence-corrected chi connectivity index (χ1v) is 7.02. The first-order chi connectivity index (χ1) is 9.38. The Balaban J connectivity index is 2.25. The van der Waals surface area contributed by atoms with Crippen molar-refractivity contribution >= 4 is 38.9 Å². The summed E-state index contributed by atoms with van der Waals surface area (Å²) in [5.41, 5.74) is 1.39. The van der Waals surface area contributed by atoms with E-state index >= 15 is 0 Å². The van der Waals surface area contributed by atoms with Gasteiger partial charge in [0.25, 0.3) is 5.69 Å². The maximum atomic E-state index is 10.8. The van der Waals surface area contributed by atoms with E-state index in [1.54, 1.807) is 13.0 Å². The van der Waals surface area contributed by atoms with E-state index in [1.165, 1.54) is 6.07 Å². The van der Waals surface area contributed by atoms with Crippen molar-refractivity contribution in [1.82, 2.24) is 0 Å². The van der Waals surface area contributed by atoms with E-state index in [1.807, 2.05) is 19.1 Å². The highest BCUT2D eigenvalue weighted by Gasteiger charge is 2.17. The zero-order valence-electron chi connectivity index (χ0n) is 10.8. The Bertz CT molecular complexity index is 657. The molecule has 1 unspecified atom stereocenters. The summed E-state index contributed by atoms with van der Waals surface area (Å²) in [6, 6.07) is 6.59. The molecule has 0 amide bonds. The third-order valence-corrected chi connectivity index (χ3v) is 3.61. The summed E-state index contributed by atoms with van der Waals surface area (Å²) in [5, 5.41) is 14.1. The average Bonchev–Trinajstić information content (AvgIpc) is 2.79. The van der Waals surface area contributed by atoms with Gasteiger partial charge in [-0.3, -0.25) is 10.1 Å². The maximum Gasteiger partial charge on any atom is 0.288 e. The molecule has 0 aliphatic heterocycles. The number of anilines is 1. The molecule has 2 aromatic rings. The first kappa shape index (κ1) is 14.9. The molecule has 0 saturated heterocycles. The Labute approximate surface area is 129 Å². The minimum absolute atomic E-state index is 0.0856. The summed E-state index contributed by atoms with van der Waals surface area (Å²) in [6.07, 6.45) is 0. The lowest BCUT2D eigenvalue weighted by molar-refractivity contribution is -0.384. The molecule has 106 valence electrons. The van der Waals surface area contributed by atoms with Gasteiger partial charge >= 0.3 is 0 Å². The van der Waals surface area contributed by atoms with Gasteiger partial charge in [-0.1, -0.05) is 11.6 Å². The first-order valence-electron chi connectivity index (χ1n) is 5.85. The molecule has 1 heterocycles. The molecular formula is C13H12BrClN2O3. The van der Waals surface area contributed by atoms with Crippen LogP contribution in [0.4, 0.5) is 11.4 Å². The molecule has 20 heavy (non-hydrogen) atoms. The number of furan rings is 1. The molecule has 0 aliphatic carbocycles. The second kappa shape index (κ2) is 5.85. The summed E-state index contributed by atoms with van der Waals surface area (Å²) < 4.78 is 6.11. The fourth-order valence-corrected chi connectivity index (χ4v) is 2.38. The number of aryl methyl sites for hydroxylation is 1. The van der Waals surface area contributed by atoms with Gasteiger partial charge in [0.15, 0.2) is 4.67 Å². The van der Waals surface area contributed by atoms with Crippen molar-refractivity contribution in [2.75, 3.05) is 5.32 Å². The fraction of sp³-hybridized carbons (Fsp3) is 0.231. The lowest BCUT2D eigenvalue weighted by atomic mass is 10.1. The summed E-state index contributed by atoms with van der Waals surface area (Å²) >= 11 is 9.16. The summed E-state index contributed by atoms with van der Waals surface area (Å²) in [7, 11) is 0. The Morgan fingerprint density at radius 1 is 1.45 bits per heavy atom. The normalized spacial score (nSPS) is 12.2. The van der Waals surface area contributed by atoms with Gasteiger partial charge in [0.2, 0.25) is 0 Å². The Kier molecular flexibility index (Phi) is 4.35. The van der Waals surface area contributed by atoms with Crippen molar-refractivity contribution in [3.05, 3.63) is 55.4 Å². The van der Waals surface area contributed by atoms with Gasteiger partial charge in [0.05, 0.1) is 11.0 Å². The third-order valence-electron chi connectivity index (χ3n) is 2.88. The number of nitrogens with zero attached hydrogens (tertiary/aromatic N) is 1. The fourth-order valence-electron chi connectivity index (χ4n) is 1.83. The highest BCUT2D eigenvalue weighted by Crippen LogP contribution is 2.32. The lowest BCUT2D eigenvalue weighted by Crippen LogP contribution is -2.07. The van der Waals surface area contributed by atoms with Gasteiger partial charge in [-0.25, -0.2) is 0 Å². The largest absolute Gasteiger partial charge is 0.452 e. The number of rotatable bonds is 4. The standard InChI is InChI=1S/C13H12BrClN2O3/c1-7-5-11(17(18)19)9(15)6-10(7)16-8(2)12-3-4-13(14)20-12/h3-6,8,16H,1-2H3. The van der Waals surface area contributed by atoms with Crippen LogP contribution in [-0.2, 0) is 0 Å². The smallest absolute Gasteiger partial charge is 0.288 e. The van der Waals surface area contributed by atoms with Crippen molar-refractivity contribution in [3.63, 3.8) is 0 Å².